The van der Waals surface area contributed by atoms with E-state index in [4.69, 9.17) is 0 Å². The number of hydrogen-bond acceptors (Lipinski definition) is 5. The van der Waals surface area contributed by atoms with Crippen LogP contribution >= 0.6 is 0 Å². The van der Waals surface area contributed by atoms with Crippen LogP contribution in [0.4, 0.5) is 10.6 Å². The summed E-state index contributed by atoms with van der Waals surface area (Å²) in [5, 5.41) is 6.82. The molecule has 0 saturated carbocycles. The number of hydrogen-bond donors (Lipinski definition) is 1. The molecule has 5 rings (SSSR count). The number of carbonyl (C=O) groups excluding carboxylic acids is 2. The van der Waals surface area contributed by atoms with Gasteiger partial charge >= 0.3 is 6.03 Å². The Bertz CT molecular complexity index is 1310. The molecule has 0 bridgehead atoms. The van der Waals surface area contributed by atoms with E-state index in [9.17, 15) is 9.59 Å². The van der Waals surface area contributed by atoms with Crippen LogP contribution in [0.1, 0.15) is 16.1 Å². The summed E-state index contributed by atoms with van der Waals surface area (Å²) < 4.78 is 2.96. The topological polar surface area (TPSA) is 97.4 Å². The molecule has 0 atom stereocenters. The lowest BCUT2D eigenvalue weighted by Crippen LogP contribution is -2.29. The van der Waals surface area contributed by atoms with Gasteiger partial charge in [0.25, 0.3) is 5.91 Å². The van der Waals surface area contributed by atoms with Gasteiger partial charge in [-0.15, -0.1) is 0 Å². The summed E-state index contributed by atoms with van der Waals surface area (Å²) >= 11 is 0. The average Bonchev–Trinajstić information content (AvgIpc) is 3.53. The number of anilines is 1. The van der Waals surface area contributed by atoms with Gasteiger partial charge in [0.1, 0.15) is 5.82 Å². The van der Waals surface area contributed by atoms with Crippen LogP contribution in [0.5, 0.6) is 0 Å². The first-order chi connectivity index (χ1) is 15.1. The zero-order chi connectivity index (χ0) is 21.4. The van der Waals surface area contributed by atoms with Crippen molar-refractivity contribution in [3.05, 3.63) is 78.4 Å². The van der Waals surface area contributed by atoms with E-state index in [0.717, 1.165) is 11.3 Å². The first kappa shape index (κ1) is 18.7. The first-order valence-corrected chi connectivity index (χ1v) is 9.81. The summed E-state index contributed by atoms with van der Waals surface area (Å²) in [7, 11) is 0. The Labute approximate surface area is 177 Å². The number of carbonyl (C=O) groups is 2. The molecular formula is C22H19N7O2. The van der Waals surface area contributed by atoms with Gasteiger partial charge < -0.3 is 4.90 Å². The Kier molecular flexibility index (Phi) is 4.55. The fourth-order valence-electron chi connectivity index (χ4n) is 3.49. The fourth-order valence-corrected chi connectivity index (χ4v) is 3.49. The average molecular weight is 413 g/mol. The third-order valence-corrected chi connectivity index (χ3v) is 5.17. The second kappa shape index (κ2) is 7.52. The number of nitrogens with one attached hydrogen (secondary N) is 1. The Morgan fingerprint density at radius 2 is 1.81 bits per heavy atom. The second-order valence-corrected chi connectivity index (χ2v) is 7.18. The molecule has 0 fully saturated rings. The van der Waals surface area contributed by atoms with Gasteiger partial charge in [-0.2, -0.15) is 14.8 Å². The Balaban J connectivity index is 1.36. The lowest BCUT2D eigenvalue weighted by atomic mass is 10.2. The van der Waals surface area contributed by atoms with Crippen molar-refractivity contribution in [2.75, 3.05) is 18.4 Å². The molecule has 9 heteroatoms. The van der Waals surface area contributed by atoms with Gasteiger partial charge in [-0.25, -0.2) is 9.78 Å². The molecule has 0 radical (unpaired) electrons. The zero-order valence-corrected chi connectivity index (χ0v) is 16.8. The SMILES string of the molecule is Cc1c(C(=O)N2CC=CC2)cnn1C(=O)Nc1ccn2cc(-c3ccccc3)nc2n1. The van der Waals surface area contributed by atoms with E-state index >= 15 is 0 Å². The van der Waals surface area contributed by atoms with E-state index in [1.54, 1.807) is 28.5 Å². The summed E-state index contributed by atoms with van der Waals surface area (Å²) in [6.45, 7) is 2.82. The Morgan fingerprint density at radius 1 is 1.03 bits per heavy atom. The lowest BCUT2D eigenvalue weighted by Gasteiger charge is -2.14. The van der Waals surface area contributed by atoms with Gasteiger partial charge in [0.05, 0.1) is 23.1 Å². The highest BCUT2D eigenvalue weighted by atomic mass is 16.2. The number of nitrogens with zero attached hydrogens (tertiary/aromatic N) is 6. The summed E-state index contributed by atoms with van der Waals surface area (Å²) in [6.07, 6.45) is 8.96. The van der Waals surface area contributed by atoms with Crippen molar-refractivity contribution in [1.29, 1.82) is 0 Å². The monoisotopic (exact) mass is 413 g/mol. The van der Waals surface area contributed by atoms with Crippen LogP contribution in [0.3, 0.4) is 0 Å². The maximum Gasteiger partial charge on any atom is 0.347 e. The number of aromatic nitrogens is 5. The van der Waals surface area contributed by atoms with Crippen LogP contribution in [0.25, 0.3) is 17.0 Å². The fraction of sp³-hybridized carbons (Fsp3) is 0.136. The van der Waals surface area contributed by atoms with E-state index in [0.29, 0.717) is 35.9 Å². The summed E-state index contributed by atoms with van der Waals surface area (Å²) in [5.41, 5.74) is 2.65. The molecule has 0 saturated heterocycles. The Morgan fingerprint density at radius 3 is 2.58 bits per heavy atom. The van der Waals surface area contributed by atoms with Gasteiger partial charge in [0.2, 0.25) is 5.78 Å². The van der Waals surface area contributed by atoms with Crippen molar-refractivity contribution in [3.8, 4) is 11.3 Å². The molecular weight excluding hydrogens is 394 g/mol. The standard InChI is InChI=1S/C22H19N7O2/c1-15-17(20(30)27-10-5-6-11-27)13-23-29(15)22(31)26-19-9-12-28-14-18(24-21(28)25-19)16-7-3-2-4-8-16/h2-9,12-14H,10-11H2,1H3,(H,24,25,26,31). The molecule has 4 aromatic rings. The molecule has 3 aromatic heterocycles. The van der Waals surface area contributed by atoms with Crippen molar-refractivity contribution < 1.29 is 9.59 Å². The molecule has 154 valence electrons. The van der Waals surface area contributed by atoms with Crippen LogP contribution in [0, 0.1) is 6.92 Å². The van der Waals surface area contributed by atoms with E-state index in [1.165, 1.54) is 10.9 Å². The highest BCUT2D eigenvalue weighted by Gasteiger charge is 2.23. The van der Waals surface area contributed by atoms with Crippen LogP contribution in [0.2, 0.25) is 0 Å². The first-order valence-electron chi connectivity index (χ1n) is 9.81. The highest BCUT2D eigenvalue weighted by molar-refractivity contribution is 5.97. The predicted molar refractivity (Wildman–Crippen MR) is 115 cm³/mol. The largest absolute Gasteiger partial charge is 0.347 e. The summed E-state index contributed by atoms with van der Waals surface area (Å²) in [6, 6.07) is 11.0. The van der Waals surface area contributed by atoms with Crippen molar-refractivity contribution in [1.82, 2.24) is 29.0 Å². The lowest BCUT2D eigenvalue weighted by molar-refractivity contribution is 0.0799. The van der Waals surface area contributed by atoms with Crippen molar-refractivity contribution in [2.24, 2.45) is 0 Å². The van der Waals surface area contributed by atoms with Crippen molar-refractivity contribution in [2.45, 2.75) is 6.92 Å². The molecule has 1 aromatic carbocycles. The van der Waals surface area contributed by atoms with Gasteiger partial charge in [0.15, 0.2) is 0 Å². The number of amides is 2. The van der Waals surface area contributed by atoms with E-state index in [1.807, 2.05) is 48.7 Å². The molecule has 2 amide bonds. The summed E-state index contributed by atoms with van der Waals surface area (Å²) in [5.74, 6) is 0.660. The molecule has 0 aliphatic carbocycles. The highest BCUT2D eigenvalue weighted by Crippen LogP contribution is 2.19. The molecule has 31 heavy (non-hydrogen) atoms. The molecule has 1 aliphatic rings. The number of fused-ring (bicyclic) bond motifs is 1. The normalized spacial score (nSPS) is 13.1. The molecule has 1 N–H and O–H groups in total. The van der Waals surface area contributed by atoms with Gasteiger partial charge in [-0.3, -0.25) is 14.5 Å². The maximum absolute atomic E-state index is 12.7. The second-order valence-electron chi connectivity index (χ2n) is 7.18. The molecule has 1 aliphatic heterocycles. The minimum Gasteiger partial charge on any atom is -0.331 e. The molecule has 0 unspecified atom stereocenters. The zero-order valence-electron chi connectivity index (χ0n) is 16.8. The van der Waals surface area contributed by atoms with Crippen molar-refractivity contribution >= 4 is 23.5 Å². The molecule has 0 spiro atoms. The number of imidazole rings is 1. The summed E-state index contributed by atoms with van der Waals surface area (Å²) in [4.78, 5) is 36.0. The predicted octanol–water partition coefficient (Wildman–Crippen LogP) is 2.99. The van der Waals surface area contributed by atoms with Gasteiger partial charge in [-0.05, 0) is 13.0 Å². The third-order valence-electron chi connectivity index (χ3n) is 5.17. The van der Waals surface area contributed by atoms with E-state index in [2.05, 4.69) is 20.4 Å². The van der Waals surface area contributed by atoms with Crippen LogP contribution in [-0.4, -0.2) is 54.1 Å². The van der Waals surface area contributed by atoms with Crippen LogP contribution in [-0.2, 0) is 0 Å². The quantitative estimate of drug-likeness (QED) is 0.521. The number of rotatable bonds is 3. The maximum atomic E-state index is 12.7. The smallest absolute Gasteiger partial charge is 0.331 e. The van der Waals surface area contributed by atoms with Crippen LogP contribution in [0.15, 0.2) is 67.1 Å². The third kappa shape index (κ3) is 3.46. The number of benzene rings is 1. The van der Waals surface area contributed by atoms with Crippen LogP contribution < -0.4 is 5.32 Å². The minimum atomic E-state index is -0.497. The molecule has 4 heterocycles. The molecule has 9 nitrogen and oxygen atoms in total. The van der Waals surface area contributed by atoms with Crippen molar-refractivity contribution in [3.63, 3.8) is 0 Å². The van der Waals surface area contributed by atoms with Gasteiger partial charge in [-0.1, -0.05) is 42.5 Å². The van der Waals surface area contributed by atoms with E-state index in [-0.39, 0.29) is 5.91 Å². The Hall–Kier alpha value is -4.27. The van der Waals surface area contributed by atoms with Gasteiger partial charge in [0, 0.05) is 31.0 Å². The van der Waals surface area contributed by atoms with E-state index < -0.39 is 6.03 Å². The minimum absolute atomic E-state index is 0.146.